The van der Waals surface area contributed by atoms with Crippen LogP contribution in [0, 0.1) is 10.1 Å². The highest BCUT2D eigenvalue weighted by atomic mass is 16.6. The van der Waals surface area contributed by atoms with Crippen molar-refractivity contribution in [2.24, 2.45) is 0 Å². The molecule has 1 aromatic carbocycles. The fraction of sp³-hybridized carbons (Fsp3) is 0.286. The largest absolute Gasteiger partial charge is 0.483 e. The van der Waals surface area contributed by atoms with Gasteiger partial charge in [0.05, 0.1) is 4.92 Å². The minimum Gasteiger partial charge on any atom is -0.483 e. The lowest BCUT2D eigenvalue weighted by molar-refractivity contribution is -0.385. The second kappa shape index (κ2) is 4.69. The first-order valence-electron chi connectivity index (χ1n) is 6.40. The smallest absolute Gasteiger partial charge is 0.322 e. The van der Waals surface area contributed by atoms with E-state index in [0.717, 1.165) is 24.4 Å². The number of para-hydroxylation sites is 1. The van der Waals surface area contributed by atoms with Crippen molar-refractivity contribution in [3.63, 3.8) is 0 Å². The van der Waals surface area contributed by atoms with Crippen LogP contribution in [0.4, 0.5) is 5.69 Å². The van der Waals surface area contributed by atoms with E-state index in [1.54, 1.807) is 6.07 Å². The molecule has 0 unspecified atom stereocenters. The molecule has 0 spiro atoms. The lowest BCUT2D eigenvalue weighted by atomic mass is 10.0. The fourth-order valence-electron chi connectivity index (χ4n) is 2.22. The summed E-state index contributed by atoms with van der Waals surface area (Å²) in [5, 5.41) is 10.6. The maximum Gasteiger partial charge on any atom is 0.322 e. The maximum absolute atomic E-state index is 10.6. The summed E-state index contributed by atoms with van der Waals surface area (Å²) in [4.78, 5) is 17.7. The zero-order valence-corrected chi connectivity index (χ0v) is 11.6. The molecule has 7 nitrogen and oxygen atoms in total. The predicted molar refractivity (Wildman–Crippen MR) is 73.6 cm³/mol. The maximum atomic E-state index is 10.6. The summed E-state index contributed by atoms with van der Waals surface area (Å²) in [6, 6.07) is 5.64. The van der Waals surface area contributed by atoms with E-state index < -0.39 is 4.92 Å². The van der Waals surface area contributed by atoms with E-state index in [9.17, 15) is 10.1 Å². The first-order valence-corrected chi connectivity index (χ1v) is 6.40. The van der Waals surface area contributed by atoms with Gasteiger partial charge in [-0.3, -0.25) is 10.1 Å². The standard InChI is InChI=1S/C14H13N3O4/c1-14(2)6-9-4-3-5-11(12(9)21-14)20-13-15-7-10(8-16-13)17(18)19/h3-5,7-8H,6H2,1-2H3. The predicted octanol–water partition coefficient (Wildman–Crippen LogP) is 2.89. The Labute approximate surface area is 120 Å². The first kappa shape index (κ1) is 13.3. The van der Waals surface area contributed by atoms with Gasteiger partial charge in [-0.1, -0.05) is 12.1 Å². The zero-order chi connectivity index (χ0) is 15.0. The van der Waals surface area contributed by atoms with Crippen molar-refractivity contribution < 1.29 is 14.4 Å². The number of fused-ring (bicyclic) bond motifs is 1. The van der Waals surface area contributed by atoms with Crippen LogP contribution in [0.2, 0.25) is 0 Å². The number of ether oxygens (including phenoxy) is 2. The highest BCUT2D eigenvalue weighted by Gasteiger charge is 2.32. The van der Waals surface area contributed by atoms with E-state index in [-0.39, 0.29) is 17.3 Å². The monoisotopic (exact) mass is 287 g/mol. The van der Waals surface area contributed by atoms with Crippen LogP contribution in [0.3, 0.4) is 0 Å². The number of rotatable bonds is 3. The second-order valence-electron chi connectivity index (χ2n) is 5.37. The van der Waals surface area contributed by atoms with Crippen molar-refractivity contribution in [1.82, 2.24) is 9.97 Å². The Morgan fingerprint density at radius 2 is 2.05 bits per heavy atom. The van der Waals surface area contributed by atoms with Gasteiger partial charge in [0.1, 0.15) is 18.0 Å². The average molecular weight is 287 g/mol. The Balaban J connectivity index is 1.87. The van der Waals surface area contributed by atoms with Crippen LogP contribution in [0.1, 0.15) is 19.4 Å². The summed E-state index contributed by atoms with van der Waals surface area (Å²) in [5.41, 5.74) is 0.593. The molecule has 0 saturated carbocycles. The molecule has 108 valence electrons. The Morgan fingerprint density at radius 1 is 1.33 bits per heavy atom. The molecular weight excluding hydrogens is 274 g/mol. The summed E-state index contributed by atoms with van der Waals surface area (Å²) in [6.07, 6.45) is 3.01. The lowest BCUT2D eigenvalue weighted by Gasteiger charge is -2.17. The van der Waals surface area contributed by atoms with E-state index in [0.29, 0.717) is 11.5 Å². The van der Waals surface area contributed by atoms with Gasteiger partial charge in [0, 0.05) is 12.0 Å². The van der Waals surface area contributed by atoms with Crippen LogP contribution in [-0.2, 0) is 6.42 Å². The number of nitrogens with zero attached hydrogens (tertiary/aromatic N) is 3. The third-order valence-corrected chi connectivity index (χ3v) is 3.08. The normalized spacial score (nSPS) is 15.1. The quantitative estimate of drug-likeness (QED) is 0.637. The van der Waals surface area contributed by atoms with Crippen LogP contribution in [0.5, 0.6) is 17.5 Å². The van der Waals surface area contributed by atoms with Crippen LogP contribution in [0.25, 0.3) is 0 Å². The topological polar surface area (TPSA) is 87.4 Å². The van der Waals surface area contributed by atoms with Crippen molar-refractivity contribution >= 4 is 5.69 Å². The summed E-state index contributed by atoms with van der Waals surface area (Å²) >= 11 is 0. The van der Waals surface area contributed by atoms with E-state index in [2.05, 4.69) is 9.97 Å². The van der Waals surface area contributed by atoms with Gasteiger partial charge in [-0.15, -0.1) is 0 Å². The summed E-state index contributed by atoms with van der Waals surface area (Å²) < 4.78 is 11.5. The Kier molecular flexibility index (Phi) is 2.97. The molecule has 1 aliphatic heterocycles. The van der Waals surface area contributed by atoms with Gasteiger partial charge in [0.15, 0.2) is 11.5 Å². The van der Waals surface area contributed by atoms with Gasteiger partial charge >= 0.3 is 11.7 Å². The highest BCUT2D eigenvalue weighted by molar-refractivity contribution is 5.51. The fourth-order valence-corrected chi connectivity index (χ4v) is 2.22. The van der Waals surface area contributed by atoms with Gasteiger partial charge in [0.25, 0.3) is 0 Å². The molecule has 2 heterocycles. The number of hydrogen-bond acceptors (Lipinski definition) is 6. The van der Waals surface area contributed by atoms with Gasteiger partial charge in [0.2, 0.25) is 0 Å². The number of benzene rings is 1. The van der Waals surface area contributed by atoms with Crippen LogP contribution >= 0.6 is 0 Å². The van der Waals surface area contributed by atoms with Gasteiger partial charge < -0.3 is 9.47 Å². The van der Waals surface area contributed by atoms with Crippen molar-refractivity contribution in [3.8, 4) is 17.5 Å². The van der Waals surface area contributed by atoms with Gasteiger partial charge in [-0.25, -0.2) is 0 Å². The average Bonchev–Trinajstić information content (AvgIpc) is 2.74. The number of hydrogen-bond donors (Lipinski definition) is 0. The molecule has 0 amide bonds. The molecular formula is C14H13N3O4. The molecule has 0 radical (unpaired) electrons. The lowest BCUT2D eigenvalue weighted by Crippen LogP contribution is -2.24. The van der Waals surface area contributed by atoms with Gasteiger partial charge in [-0.2, -0.15) is 9.97 Å². The summed E-state index contributed by atoms with van der Waals surface area (Å²) in [7, 11) is 0. The van der Waals surface area contributed by atoms with E-state index in [4.69, 9.17) is 9.47 Å². The molecule has 0 saturated heterocycles. The van der Waals surface area contributed by atoms with Crippen molar-refractivity contribution in [2.45, 2.75) is 25.9 Å². The number of aromatic nitrogens is 2. The Hall–Kier alpha value is -2.70. The minimum absolute atomic E-state index is 0.0438. The Morgan fingerprint density at radius 3 is 2.71 bits per heavy atom. The van der Waals surface area contributed by atoms with Crippen molar-refractivity contribution in [2.75, 3.05) is 0 Å². The summed E-state index contributed by atoms with van der Waals surface area (Å²) in [6.45, 7) is 4.00. The van der Waals surface area contributed by atoms with E-state index >= 15 is 0 Å². The van der Waals surface area contributed by atoms with Crippen LogP contribution in [0.15, 0.2) is 30.6 Å². The van der Waals surface area contributed by atoms with Gasteiger partial charge in [-0.05, 0) is 19.9 Å². The SMILES string of the molecule is CC1(C)Cc2cccc(Oc3ncc([N+](=O)[O-])cn3)c2O1. The third-order valence-electron chi connectivity index (χ3n) is 3.08. The minimum atomic E-state index is -0.560. The van der Waals surface area contributed by atoms with Crippen molar-refractivity contribution in [3.05, 3.63) is 46.3 Å². The third kappa shape index (κ3) is 2.62. The molecule has 0 bridgehead atoms. The van der Waals surface area contributed by atoms with E-state index in [1.807, 2.05) is 26.0 Å². The van der Waals surface area contributed by atoms with Crippen molar-refractivity contribution in [1.29, 1.82) is 0 Å². The molecule has 1 aromatic heterocycles. The highest BCUT2D eigenvalue weighted by Crippen LogP contribution is 2.42. The molecule has 0 N–H and O–H groups in total. The molecule has 21 heavy (non-hydrogen) atoms. The zero-order valence-electron chi connectivity index (χ0n) is 11.6. The molecule has 7 heteroatoms. The molecule has 0 atom stereocenters. The molecule has 2 aromatic rings. The van der Waals surface area contributed by atoms with E-state index in [1.165, 1.54) is 0 Å². The first-order chi connectivity index (χ1) is 9.94. The van der Waals surface area contributed by atoms with Crippen LogP contribution < -0.4 is 9.47 Å². The van der Waals surface area contributed by atoms with Crippen LogP contribution in [-0.4, -0.2) is 20.5 Å². The molecule has 0 aliphatic carbocycles. The molecule has 0 fully saturated rings. The molecule has 3 rings (SSSR count). The second-order valence-corrected chi connectivity index (χ2v) is 5.37. The number of nitro groups is 1. The molecule has 1 aliphatic rings. The summed E-state index contributed by atoms with van der Waals surface area (Å²) in [5.74, 6) is 1.18. The Bertz CT molecular complexity index is 698.